The molecular weight excluding hydrogens is 532 g/mol. The van der Waals surface area contributed by atoms with Crippen LogP contribution in [0.4, 0.5) is 16.3 Å². The number of rotatable bonds is 6. The number of piperazine rings is 1. The summed E-state index contributed by atoms with van der Waals surface area (Å²) in [5.41, 5.74) is 3.53. The fraction of sp³-hybridized carbons (Fsp3) is 0.452. The number of amides is 1. The van der Waals surface area contributed by atoms with Crippen molar-refractivity contribution in [2.24, 2.45) is 0 Å². The van der Waals surface area contributed by atoms with Crippen LogP contribution in [0.2, 0.25) is 0 Å². The van der Waals surface area contributed by atoms with E-state index in [0.717, 1.165) is 52.9 Å². The van der Waals surface area contributed by atoms with E-state index in [-0.39, 0.29) is 6.42 Å². The van der Waals surface area contributed by atoms with Crippen molar-refractivity contribution in [1.29, 1.82) is 10.5 Å². The number of nitriles is 2. The van der Waals surface area contributed by atoms with Crippen LogP contribution in [0, 0.1) is 22.7 Å². The van der Waals surface area contributed by atoms with Gasteiger partial charge in [-0.1, -0.05) is 24.3 Å². The van der Waals surface area contributed by atoms with Crippen molar-refractivity contribution in [3.05, 3.63) is 53.2 Å². The van der Waals surface area contributed by atoms with E-state index in [4.69, 9.17) is 14.7 Å². The average molecular weight is 567 g/mol. The molecule has 0 unspecified atom stereocenters. The summed E-state index contributed by atoms with van der Waals surface area (Å²) in [5, 5.41) is 30.9. The van der Waals surface area contributed by atoms with Crippen molar-refractivity contribution in [3.63, 3.8) is 0 Å². The Balaban J connectivity index is 1.35. The lowest BCUT2D eigenvalue weighted by atomic mass is 9.99. The van der Waals surface area contributed by atoms with Crippen LogP contribution in [0.3, 0.4) is 0 Å². The molecule has 2 fully saturated rings. The zero-order chi connectivity index (χ0) is 29.2. The summed E-state index contributed by atoms with van der Waals surface area (Å²) in [7, 11) is 2.11. The van der Waals surface area contributed by atoms with Crippen molar-refractivity contribution in [3.8, 4) is 18.1 Å². The summed E-state index contributed by atoms with van der Waals surface area (Å²) in [5.74, 6) is 0.762. The molecule has 2 saturated heterocycles. The summed E-state index contributed by atoms with van der Waals surface area (Å²) < 4.78 is 6.23. The first-order valence-corrected chi connectivity index (χ1v) is 14.5. The van der Waals surface area contributed by atoms with Gasteiger partial charge in [0.25, 0.3) is 0 Å². The Bertz CT molecular complexity index is 1580. The molecule has 42 heavy (non-hydrogen) atoms. The minimum absolute atomic E-state index is 0.115. The second-order valence-electron chi connectivity index (χ2n) is 11.2. The number of aromatic nitrogens is 2. The minimum Gasteiger partial charge on any atom is -0.465 e. The SMILES string of the molecule is CN1CCC[C@H]1COc1nc2c(c(N3CCN(C(=O)O)[C@@H](CC#N)C3)n1)CCN(c1cccc3cccc(C#N)c13)C2. The minimum atomic E-state index is -1.01. The van der Waals surface area contributed by atoms with E-state index in [2.05, 4.69) is 40.0 Å². The monoisotopic (exact) mass is 566 g/mol. The topological polar surface area (TPSA) is 133 Å². The summed E-state index contributed by atoms with van der Waals surface area (Å²) in [6, 6.07) is 16.6. The van der Waals surface area contributed by atoms with Crippen LogP contribution in [0.15, 0.2) is 36.4 Å². The standard InChI is InChI=1S/C31H34N8O3/c1-36-13-4-8-24(36)20-42-30-34-26-19-37(27-9-3-6-21-5-2-7-22(17-33)28(21)27)14-11-25(26)29(35-30)38-15-16-39(31(40)41)23(18-38)10-12-32/h2-3,5-7,9,23-24H,4,8,10-11,13-16,18-20H2,1H3,(H,40,41)/t23-,24-/m0/s1. The number of nitrogens with zero attached hydrogens (tertiary/aromatic N) is 8. The molecule has 11 heteroatoms. The number of carboxylic acid groups (broad SMARTS) is 1. The van der Waals surface area contributed by atoms with Crippen LogP contribution < -0.4 is 14.5 Å². The van der Waals surface area contributed by atoms with Crippen molar-refractivity contribution in [2.75, 3.05) is 56.2 Å². The normalized spacial score (nSPS) is 20.7. The van der Waals surface area contributed by atoms with Gasteiger partial charge in [0, 0.05) is 48.9 Å². The van der Waals surface area contributed by atoms with Gasteiger partial charge in [-0.15, -0.1) is 0 Å². The van der Waals surface area contributed by atoms with Crippen LogP contribution in [0.1, 0.15) is 36.1 Å². The van der Waals surface area contributed by atoms with Crippen LogP contribution in [0.25, 0.3) is 10.8 Å². The van der Waals surface area contributed by atoms with Gasteiger partial charge in [-0.2, -0.15) is 20.5 Å². The molecule has 0 saturated carbocycles. The van der Waals surface area contributed by atoms with Crippen molar-refractivity contribution >= 4 is 28.4 Å². The van der Waals surface area contributed by atoms with Gasteiger partial charge in [0.15, 0.2) is 0 Å². The zero-order valence-corrected chi connectivity index (χ0v) is 23.7. The van der Waals surface area contributed by atoms with Crippen molar-refractivity contribution in [2.45, 2.75) is 44.3 Å². The molecule has 11 nitrogen and oxygen atoms in total. The highest BCUT2D eigenvalue weighted by Gasteiger charge is 2.34. The molecule has 3 aliphatic rings. The highest BCUT2D eigenvalue weighted by atomic mass is 16.5. The lowest BCUT2D eigenvalue weighted by Crippen LogP contribution is -2.55. The molecule has 1 N–H and O–H groups in total. The predicted molar refractivity (Wildman–Crippen MR) is 158 cm³/mol. The maximum atomic E-state index is 11.8. The quantitative estimate of drug-likeness (QED) is 0.472. The van der Waals surface area contributed by atoms with Gasteiger partial charge >= 0.3 is 12.1 Å². The molecule has 0 aliphatic carbocycles. The molecule has 3 aromatic rings. The van der Waals surface area contributed by atoms with Gasteiger partial charge in [-0.3, -0.25) is 0 Å². The number of carbonyl (C=O) groups is 1. The predicted octanol–water partition coefficient (Wildman–Crippen LogP) is 3.62. The third-order valence-corrected chi connectivity index (χ3v) is 8.80. The summed E-state index contributed by atoms with van der Waals surface area (Å²) >= 11 is 0. The fourth-order valence-electron chi connectivity index (χ4n) is 6.54. The van der Waals surface area contributed by atoms with Crippen molar-refractivity contribution < 1.29 is 14.6 Å². The molecule has 0 spiro atoms. The summed E-state index contributed by atoms with van der Waals surface area (Å²) in [6.07, 6.45) is 2.00. The molecule has 0 radical (unpaired) electrons. The first kappa shape index (κ1) is 27.6. The number of hydrogen-bond acceptors (Lipinski definition) is 9. The highest BCUT2D eigenvalue weighted by molar-refractivity contribution is 5.98. The number of benzene rings is 2. The Morgan fingerprint density at radius 1 is 1.07 bits per heavy atom. The van der Waals surface area contributed by atoms with Gasteiger partial charge in [-0.05, 0) is 50.4 Å². The first-order valence-electron chi connectivity index (χ1n) is 14.5. The van der Waals surface area contributed by atoms with Crippen molar-refractivity contribution in [1.82, 2.24) is 19.8 Å². The molecule has 1 aromatic heterocycles. The molecule has 0 bridgehead atoms. The van der Waals surface area contributed by atoms with E-state index in [1.807, 2.05) is 30.3 Å². The Morgan fingerprint density at radius 2 is 1.90 bits per heavy atom. The van der Waals surface area contributed by atoms with E-state index in [9.17, 15) is 20.4 Å². The fourth-order valence-corrected chi connectivity index (χ4v) is 6.54. The second kappa shape index (κ2) is 11.7. The number of fused-ring (bicyclic) bond motifs is 2. The van der Waals surface area contributed by atoms with E-state index in [0.29, 0.717) is 63.4 Å². The van der Waals surface area contributed by atoms with Crippen LogP contribution in [-0.2, 0) is 13.0 Å². The number of hydrogen-bond donors (Lipinski definition) is 1. The highest BCUT2D eigenvalue weighted by Crippen LogP contribution is 2.36. The number of likely N-dealkylation sites (N-methyl/N-ethyl adjacent to an activating group) is 1. The third kappa shape index (κ3) is 5.24. The molecule has 1 amide bonds. The van der Waals surface area contributed by atoms with Gasteiger partial charge in [0.2, 0.25) is 0 Å². The molecule has 3 aliphatic heterocycles. The van der Waals surface area contributed by atoms with E-state index >= 15 is 0 Å². The molecule has 4 heterocycles. The average Bonchev–Trinajstić information content (AvgIpc) is 3.43. The maximum Gasteiger partial charge on any atom is 0.407 e. The van der Waals surface area contributed by atoms with Crippen LogP contribution in [0.5, 0.6) is 6.01 Å². The summed E-state index contributed by atoms with van der Waals surface area (Å²) in [6.45, 7) is 3.93. The van der Waals surface area contributed by atoms with E-state index in [1.54, 1.807) is 0 Å². The van der Waals surface area contributed by atoms with E-state index < -0.39 is 12.1 Å². The lowest BCUT2D eigenvalue weighted by Gasteiger charge is -2.41. The largest absolute Gasteiger partial charge is 0.465 e. The number of ether oxygens (including phenoxy) is 1. The second-order valence-corrected chi connectivity index (χ2v) is 11.2. The Kier molecular flexibility index (Phi) is 7.68. The van der Waals surface area contributed by atoms with E-state index in [1.165, 1.54) is 4.90 Å². The van der Waals surface area contributed by atoms with Crippen LogP contribution in [-0.4, -0.2) is 89.4 Å². The van der Waals surface area contributed by atoms with Gasteiger partial charge < -0.3 is 29.4 Å². The zero-order valence-electron chi connectivity index (χ0n) is 23.7. The van der Waals surface area contributed by atoms with Gasteiger partial charge in [-0.25, -0.2) is 4.79 Å². The molecule has 2 atom stereocenters. The lowest BCUT2D eigenvalue weighted by molar-refractivity contribution is 0.119. The Labute approximate surface area is 245 Å². The smallest absolute Gasteiger partial charge is 0.407 e. The third-order valence-electron chi connectivity index (χ3n) is 8.80. The van der Waals surface area contributed by atoms with Gasteiger partial charge in [0.05, 0.1) is 42.4 Å². The molecule has 6 rings (SSSR count). The van der Waals surface area contributed by atoms with Gasteiger partial charge in [0.1, 0.15) is 12.4 Å². The molecule has 216 valence electrons. The summed E-state index contributed by atoms with van der Waals surface area (Å²) in [4.78, 5) is 29.7. The Morgan fingerprint density at radius 3 is 2.64 bits per heavy atom. The molecule has 2 aromatic carbocycles. The number of likely N-dealkylation sites (tertiary alicyclic amines) is 1. The Hall–Kier alpha value is -4.61. The maximum absolute atomic E-state index is 11.8. The van der Waals surface area contributed by atoms with Crippen LogP contribution >= 0.6 is 0 Å². The number of anilines is 2. The molecular formula is C31H34N8O3. The first-order chi connectivity index (χ1) is 20.5.